The summed E-state index contributed by atoms with van der Waals surface area (Å²) in [7, 11) is 0. The van der Waals surface area contributed by atoms with Crippen LogP contribution in [0.2, 0.25) is 0 Å². The molecule has 0 radical (unpaired) electrons. The Kier molecular flexibility index (Phi) is 4.53. The van der Waals surface area contributed by atoms with Crippen LogP contribution in [0.15, 0.2) is 72.8 Å². The summed E-state index contributed by atoms with van der Waals surface area (Å²) in [5, 5.41) is 14.4. The summed E-state index contributed by atoms with van der Waals surface area (Å²) < 4.78 is 1.64. The third kappa shape index (κ3) is 3.53. The standard InChI is InChI=1S/C21H19N5/c22-20(15-17-10-11-18-8-4-5-9-19(18)14-17)21-23-24-25-26(21)13-12-16-6-2-1-3-7-16/h1-14,20H,15,22H2/t20-/m1/s1. The van der Waals surface area contributed by atoms with Crippen molar-refractivity contribution in [3.8, 4) is 0 Å². The van der Waals surface area contributed by atoms with Crippen molar-refractivity contribution in [2.24, 2.45) is 5.73 Å². The maximum atomic E-state index is 6.39. The fourth-order valence-corrected chi connectivity index (χ4v) is 2.98. The van der Waals surface area contributed by atoms with Crippen molar-refractivity contribution in [3.05, 3.63) is 89.7 Å². The lowest BCUT2D eigenvalue weighted by atomic mass is 10.0. The zero-order valence-electron chi connectivity index (χ0n) is 14.2. The van der Waals surface area contributed by atoms with E-state index in [0.29, 0.717) is 12.2 Å². The molecule has 2 N–H and O–H groups in total. The molecule has 0 saturated carbocycles. The molecule has 4 aromatic rings. The average molecular weight is 341 g/mol. The molecule has 0 bridgehead atoms. The van der Waals surface area contributed by atoms with E-state index in [1.165, 1.54) is 10.8 Å². The van der Waals surface area contributed by atoms with Crippen molar-refractivity contribution in [1.82, 2.24) is 20.2 Å². The third-order valence-electron chi connectivity index (χ3n) is 4.33. The summed E-state index contributed by atoms with van der Waals surface area (Å²) in [6.07, 6.45) is 4.47. The van der Waals surface area contributed by atoms with Crippen LogP contribution in [-0.2, 0) is 6.42 Å². The first-order valence-corrected chi connectivity index (χ1v) is 8.54. The molecule has 3 aromatic carbocycles. The minimum absolute atomic E-state index is 0.286. The molecular weight excluding hydrogens is 322 g/mol. The molecule has 0 unspecified atom stereocenters. The van der Waals surface area contributed by atoms with Crippen molar-refractivity contribution in [1.29, 1.82) is 0 Å². The predicted molar refractivity (Wildman–Crippen MR) is 104 cm³/mol. The second-order valence-electron chi connectivity index (χ2n) is 6.20. The second-order valence-corrected chi connectivity index (χ2v) is 6.20. The van der Waals surface area contributed by atoms with E-state index < -0.39 is 0 Å². The fraction of sp³-hybridized carbons (Fsp3) is 0.0952. The van der Waals surface area contributed by atoms with Gasteiger partial charge < -0.3 is 5.73 Å². The summed E-state index contributed by atoms with van der Waals surface area (Å²) in [5.41, 5.74) is 8.63. The first-order valence-electron chi connectivity index (χ1n) is 8.54. The lowest BCUT2D eigenvalue weighted by Crippen LogP contribution is -2.18. The number of tetrazole rings is 1. The molecule has 0 aliphatic rings. The van der Waals surface area contributed by atoms with E-state index in [4.69, 9.17) is 5.73 Å². The number of aromatic nitrogens is 4. The Hall–Kier alpha value is -3.31. The summed E-state index contributed by atoms with van der Waals surface area (Å²) >= 11 is 0. The minimum Gasteiger partial charge on any atom is -0.321 e. The largest absolute Gasteiger partial charge is 0.321 e. The molecule has 4 rings (SSSR count). The SMILES string of the molecule is N[C@H](Cc1ccc2ccccc2c1)c1nnnn1C=Cc1ccccc1. The molecule has 1 heterocycles. The van der Waals surface area contributed by atoms with Crippen LogP contribution in [0.1, 0.15) is 23.0 Å². The summed E-state index contributed by atoms with van der Waals surface area (Å²) in [5.74, 6) is 0.644. The van der Waals surface area contributed by atoms with Gasteiger partial charge in [-0.1, -0.05) is 72.8 Å². The predicted octanol–water partition coefficient (Wildman–Crippen LogP) is 3.70. The minimum atomic E-state index is -0.286. The normalized spacial score (nSPS) is 12.7. The molecule has 0 aliphatic carbocycles. The highest BCUT2D eigenvalue weighted by atomic mass is 15.5. The molecule has 26 heavy (non-hydrogen) atoms. The van der Waals surface area contributed by atoms with Crippen molar-refractivity contribution in [3.63, 3.8) is 0 Å². The number of nitrogens with two attached hydrogens (primary N) is 1. The highest BCUT2D eigenvalue weighted by Crippen LogP contribution is 2.19. The van der Waals surface area contributed by atoms with Crippen LogP contribution in [-0.4, -0.2) is 20.2 Å². The van der Waals surface area contributed by atoms with E-state index in [0.717, 1.165) is 11.1 Å². The maximum absolute atomic E-state index is 6.39. The van der Waals surface area contributed by atoms with Crippen molar-refractivity contribution in [2.45, 2.75) is 12.5 Å². The number of benzene rings is 3. The van der Waals surface area contributed by atoms with E-state index in [1.54, 1.807) is 4.68 Å². The van der Waals surface area contributed by atoms with Crippen molar-refractivity contribution >= 4 is 23.0 Å². The van der Waals surface area contributed by atoms with Gasteiger partial charge in [0.15, 0.2) is 5.82 Å². The quantitative estimate of drug-likeness (QED) is 0.601. The topological polar surface area (TPSA) is 69.6 Å². The first kappa shape index (κ1) is 16.2. The Bertz CT molecular complexity index is 1040. The monoisotopic (exact) mass is 341 g/mol. The average Bonchev–Trinajstić information content (AvgIpc) is 3.16. The Balaban J connectivity index is 1.54. The Labute approximate surface area is 151 Å². The van der Waals surface area contributed by atoms with Gasteiger partial charge in [0.05, 0.1) is 6.04 Å². The zero-order chi connectivity index (χ0) is 17.8. The van der Waals surface area contributed by atoms with Crippen molar-refractivity contribution < 1.29 is 0 Å². The third-order valence-corrected chi connectivity index (χ3v) is 4.33. The molecule has 0 aliphatic heterocycles. The number of nitrogens with zero attached hydrogens (tertiary/aromatic N) is 4. The zero-order valence-corrected chi connectivity index (χ0v) is 14.2. The van der Waals surface area contributed by atoms with Gasteiger partial charge in [-0.15, -0.1) is 5.10 Å². The fourth-order valence-electron chi connectivity index (χ4n) is 2.98. The van der Waals surface area contributed by atoms with E-state index in [9.17, 15) is 0 Å². The number of fused-ring (bicyclic) bond motifs is 1. The molecule has 128 valence electrons. The van der Waals surface area contributed by atoms with E-state index in [2.05, 4.69) is 45.9 Å². The van der Waals surface area contributed by atoms with Crippen LogP contribution in [0.4, 0.5) is 0 Å². The Morgan fingerprint density at radius 2 is 1.69 bits per heavy atom. The van der Waals surface area contributed by atoms with Crippen molar-refractivity contribution in [2.75, 3.05) is 0 Å². The maximum Gasteiger partial charge on any atom is 0.172 e. The number of rotatable bonds is 5. The van der Waals surface area contributed by atoms with Crippen LogP contribution < -0.4 is 5.73 Å². The van der Waals surface area contributed by atoms with Gasteiger partial charge in [-0.25, -0.2) is 4.68 Å². The van der Waals surface area contributed by atoms with Gasteiger partial charge in [0.1, 0.15) is 0 Å². The smallest absolute Gasteiger partial charge is 0.172 e. The molecule has 5 heteroatoms. The van der Waals surface area contributed by atoms with Gasteiger partial charge in [0.2, 0.25) is 0 Å². The van der Waals surface area contributed by atoms with Crippen LogP contribution >= 0.6 is 0 Å². The van der Waals surface area contributed by atoms with E-state index in [1.807, 2.05) is 54.7 Å². The Morgan fingerprint density at radius 3 is 2.54 bits per heavy atom. The highest BCUT2D eigenvalue weighted by Gasteiger charge is 2.14. The summed E-state index contributed by atoms with van der Waals surface area (Å²) in [4.78, 5) is 0. The van der Waals surface area contributed by atoms with Gasteiger partial charge in [-0.3, -0.25) is 0 Å². The molecule has 0 spiro atoms. The van der Waals surface area contributed by atoms with Gasteiger partial charge in [0.25, 0.3) is 0 Å². The van der Waals surface area contributed by atoms with E-state index >= 15 is 0 Å². The Morgan fingerprint density at radius 1 is 0.923 bits per heavy atom. The van der Waals surface area contributed by atoms with Crippen LogP contribution in [0.25, 0.3) is 23.0 Å². The van der Waals surface area contributed by atoms with Gasteiger partial charge in [0, 0.05) is 6.20 Å². The lowest BCUT2D eigenvalue weighted by Gasteiger charge is -2.11. The van der Waals surface area contributed by atoms with Crippen LogP contribution in [0.3, 0.4) is 0 Å². The lowest BCUT2D eigenvalue weighted by molar-refractivity contribution is 0.647. The van der Waals surface area contributed by atoms with Gasteiger partial charge in [-0.2, -0.15) is 0 Å². The molecule has 0 saturated heterocycles. The highest BCUT2D eigenvalue weighted by molar-refractivity contribution is 5.83. The number of hydrogen-bond donors (Lipinski definition) is 1. The summed E-state index contributed by atoms with van der Waals surface area (Å²) in [6.45, 7) is 0. The molecule has 5 nitrogen and oxygen atoms in total. The molecule has 0 amide bonds. The van der Waals surface area contributed by atoms with Crippen LogP contribution in [0, 0.1) is 0 Å². The first-order chi connectivity index (χ1) is 12.8. The second kappa shape index (κ2) is 7.29. The molecule has 1 atom stereocenters. The molecular formula is C21H19N5. The van der Waals surface area contributed by atoms with Crippen LogP contribution in [0.5, 0.6) is 0 Å². The van der Waals surface area contributed by atoms with Gasteiger partial charge >= 0.3 is 0 Å². The molecule has 0 fully saturated rings. The number of hydrogen-bond acceptors (Lipinski definition) is 4. The molecule has 1 aromatic heterocycles. The van der Waals surface area contributed by atoms with Gasteiger partial charge in [-0.05, 0) is 44.8 Å². The summed E-state index contributed by atoms with van der Waals surface area (Å²) in [6, 6.07) is 24.4. The van der Waals surface area contributed by atoms with E-state index in [-0.39, 0.29) is 6.04 Å².